The molecule has 2 heterocycles. The lowest BCUT2D eigenvalue weighted by atomic mass is 9.88. The van der Waals surface area contributed by atoms with Gasteiger partial charge in [-0.15, -0.1) is 11.3 Å². The number of fused-ring (bicyclic) bond motifs is 3. The highest BCUT2D eigenvalue weighted by Gasteiger charge is 2.41. The van der Waals surface area contributed by atoms with Crippen LogP contribution in [0.4, 0.5) is 5.82 Å². The van der Waals surface area contributed by atoms with Crippen molar-refractivity contribution in [3.05, 3.63) is 16.8 Å². The highest BCUT2D eigenvalue weighted by molar-refractivity contribution is 7.18. The number of hydrogen-bond acceptors (Lipinski definition) is 4. The van der Waals surface area contributed by atoms with Crippen LogP contribution in [0.1, 0.15) is 49.2 Å². The fraction of sp³-hybridized carbons (Fsp3) is 0.600. The Balaban J connectivity index is 1.78. The Morgan fingerprint density at radius 2 is 2.21 bits per heavy atom. The van der Waals surface area contributed by atoms with Gasteiger partial charge in [0, 0.05) is 10.8 Å². The molecule has 3 nitrogen and oxygen atoms in total. The molecule has 3 atom stereocenters. The van der Waals surface area contributed by atoms with Crippen molar-refractivity contribution in [2.45, 2.75) is 44.9 Å². The summed E-state index contributed by atoms with van der Waals surface area (Å²) in [4.78, 5) is 11.9. The van der Waals surface area contributed by atoms with Crippen LogP contribution in [0.2, 0.25) is 0 Å². The highest BCUT2D eigenvalue weighted by atomic mass is 32.1. The van der Waals surface area contributed by atoms with Crippen molar-refractivity contribution in [1.29, 1.82) is 0 Å². The molecule has 2 aromatic rings. The standard InChI is InChI=1S/C15H19N3S/c1-2-10-7-12-13(16)17-14(18-15(12)19-10)11-6-8-3-4-9(11)5-8/h7-9,11H,2-6H2,1H3,(H2,16,17,18). The van der Waals surface area contributed by atoms with Crippen LogP contribution in [0, 0.1) is 11.8 Å². The minimum Gasteiger partial charge on any atom is -0.383 e. The van der Waals surface area contributed by atoms with E-state index in [0.717, 1.165) is 34.3 Å². The number of hydrogen-bond donors (Lipinski definition) is 1. The number of thiophene rings is 1. The van der Waals surface area contributed by atoms with Gasteiger partial charge in [0.05, 0.1) is 5.39 Å². The number of nitrogen functional groups attached to an aromatic ring is 1. The van der Waals surface area contributed by atoms with Crippen molar-refractivity contribution in [2.75, 3.05) is 5.73 Å². The minimum absolute atomic E-state index is 0.567. The van der Waals surface area contributed by atoms with Crippen LogP contribution in [-0.2, 0) is 6.42 Å². The van der Waals surface area contributed by atoms with Gasteiger partial charge in [0.15, 0.2) is 0 Å². The largest absolute Gasteiger partial charge is 0.383 e. The predicted octanol–water partition coefficient (Wildman–Crippen LogP) is 3.74. The van der Waals surface area contributed by atoms with E-state index in [-0.39, 0.29) is 0 Å². The van der Waals surface area contributed by atoms with Crippen molar-refractivity contribution in [2.24, 2.45) is 11.8 Å². The minimum atomic E-state index is 0.567. The van der Waals surface area contributed by atoms with Gasteiger partial charge in [0.1, 0.15) is 16.5 Å². The van der Waals surface area contributed by atoms with Gasteiger partial charge >= 0.3 is 0 Å². The zero-order chi connectivity index (χ0) is 13.0. The molecule has 2 bridgehead atoms. The summed E-state index contributed by atoms with van der Waals surface area (Å²) in [5, 5.41) is 1.05. The van der Waals surface area contributed by atoms with E-state index in [1.165, 1.54) is 30.6 Å². The molecule has 2 aliphatic carbocycles. The van der Waals surface area contributed by atoms with Crippen molar-refractivity contribution in [3.63, 3.8) is 0 Å². The third-order valence-corrected chi connectivity index (χ3v) is 6.08. The van der Waals surface area contributed by atoms with E-state index < -0.39 is 0 Å². The third-order valence-electron chi connectivity index (χ3n) is 4.91. The maximum absolute atomic E-state index is 6.15. The van der Waals surface area contributed by atoms with Gasteiger partial charge in [-0.25, -0.2) is 9.97 Å². The number of rotatable bonds is 2. The molecule has 0 spiro atoms. The SMILES string of the molecule is CCc1cc2c(N)nc(C3CC4CCC3C4)nc2s1. The Bertz CT molecular complexity index is 634. The zero-order valence-corrected chi connectivity index (χ0v) is 12.0. The van der Waals surface area contributed by atoms with Crippen molar-refractivity contribution in [3.8, 4) is 0 Å². The van der Waals surface area contributed by atoms with Crippen LogP contribution in [0.25, 0.3) is 10.2 Å². The summed E-state index contributed by atoms with van der Waals surface area (Å²) in [5.74, 6) is 4.00. The number of aryl methyl sites for hydroxylation is 1. The van der Waals surface area contributed by atoms with Crippen LogP contribution in [-0.4, -0.2) is 9.97 Å². The van der Waals surface area contributed by atoms with E-state index in [1.807, 2.05) is 0 Å². The average molecular weight is 273 g/mol. The Kier molecular flexibility index (Phi) is 2.56. The summed E-state index contributed by atoms with van der Waals surface area (Å²) in [5.41, 5.74) is 6.15. The number of aromatic nitrogens is 2. The zero-order valence-electron chi connectivity index (χ0n) is 11.2. The molecule has 2 aromatic heterocycles. The number of nitrogens with zero attached hydrogens (tertiary/aromatic N) is 2. The van der Waals surface area contributed by atoms with Crippen LogP contribution < -0.4 is 5.73 Å². The Morgan fingerprint density at radius 1 is 1.32 bits per heavy atom. The molecule has 0 aliphatic heterocycles. The van der Waals surface area contributed by atoms with E-state index in [2.05, 4.69) is 18.0 Å². The molecule has 3 unspecified atom stereocenters. The first-order chi connectivity index (χ1) is 9.24. The van der Waals surface area contributed by atoms with Crippen molar-refractivity contribution < 1.29 is 0 Å². The van der Waals surface area contributed by atoms with Gasteiger partial charge in [-0.3, -0.25) is 0 Å². The van der Waals surface area contributed by atoms with Crippen LogP contribution in [0.3, 0.4) is 0 Å². The summed E-state index contributed by atoms with van der Waals surface area (Å²) in [6, 6.07) is 2.15. The second-order valence-corrected chi connectivity index (χ2v) is 7.15. The van der Waals surface area contributed by atoms with Crippen LogP contribution in [0.5, 0.6) is 0 Å². The molecule has 19 heavy (non-hydrogen) atoms. The molecule has 0 radical (unpaired) electrons. The Hall–Kier alpha value is -1.16. The Labute approximate surface area is 117 Å². The molecule has 0 amide bonds. The van der Waals surface area contributed by atoms with E-state index in [1.54, 1.807) is 11.3 Å². The number of anilines is 1. The number of nitrogens with two attached hydrogens (primary N) is 1. The van der Waals surface area contributed by atoms with Gasteiger partial charge in [-0.05, 0) is 43.6 Å². The topological polar surface area (TPSA) is 51.8 Å². The van der Waals surface area contributed by atoms with Gasteiger partial charge in [-0.1, -0.05) is 13.3 Å². The lowest BCUT2D eigenvalue weighted by molar-refractivity contribution is 0.406. The summed E-state index contributed by atoms with van der Waals surface area (Å²) < 4.78 is 0. The van der Waals surface area contributed by atoms with Gasteiger partial charge in [0.2, 0.25) is 0 Å². The quantitative estimate of drug-likeness (QED) is 0.906. The van der Waals surface area contributed by atoms with Crippen molar-refractivity contribution >= 4 is 27.4 Å². The summed E-state index contributed by atoms with van der Waals surface area (Å²) in [6.45, 7) is 2.17. The molecule has 2 fully saturated rings. The molecule has 2 aliphatic rings. The average Bonchev–Trinajstić information content (AvgIpc) is 3.12. The van der Waals surface area contributed by atoms with E-state index in [4.69, 9.17) is 10.7 Å². The molecule has 2 saturated carbocycles. The molecule has 2 N–H and O–H groups in total. The van der Waals surface area contributed by atoms with E-state index >= 15 is 0 Å². The molecule has 4 rings (SSSR count). The molecule has 100 valence electrons. The van der Waals surface area contributed by atoms with Gasteiger partial charge < -0.3 is 5.73 Å². The first kappa shape index (κ1) is 11.6. The fourth-order valence-corrected chi connectivity index (χ4v) is 4.89. The Morgan fingerprint density at radius 3 is 2.89 bits per heavy atom. The predicted molar refractivity (Wildman–Crippen MR) is 79.4 cm³/mol. The molecule has 0 aromatic carbocycles. The molecular weight excluding hydrogens is 254 g/mol. The van der Waals surface area contributed by atoms with E-state index in [0.29, 0.717) is 11.7 Å². The molecule has 0 saturated heterocycles. The van der Waals surface area contributed by atoms with Crippen LogP contribution in [0.15, 0.2) is 6.07 Å². The monoisotopic (exact) mass is 273 g/mol. The lowest BCUT2D eigenvalue weighted by Gasteiger charge is -2.20. The molecule has 4 heteroatoms. The first-order valence-electron chi connectivity index (χ1n) is 7.30. The second kappa shape index (κ2) is 4.17. The normalized spacial score (nSPS) is 29.4. The summed E-state index contributed by atoms with van der Waals surface area (Å²) >= 11 is 1.77. The van der Waals surface area contributed by atoms with Crippen LogP contribution >= 0.6 is 11.3 Å². The lowest BCUT2D eigenvalue weighted by Crippen LogP contribution is -2.13. The smallest absolute Gasteiger partial charge is 0.135 e. The second-order valence-electron chi connectivity index (χ2n) is 6.03. The molecular formula is C15H19N3S. The maximum Gasteiger partial charge on any atom is 0.135 e. The first-order valence-corrected chi connectivity index (χ1v) is 8.12. The fourth-order valence-electron chi connectivity index (χ4n) is 3.91. The summed E-state index contributed by atoms with van der Waals surface area (Å²) in [6.07, 6.45) is 6.49. The van der Waals surface area contributed by atoms with Crippen molar-refractivity contribution in [1.82, 2.24) is 9.97 Å². The van der Waals surface area contributed by atoms with Gasteiger partial charge in [0.25, 0.3) is 0 Å². The third kappa shape index (κ3) is 1.76. The summed E-state index contributed by atoms with van der Waals surface area (Å²) in [7, 11) is 0. The maximum atomic E-state index is 6.15. The van der Waals surface area contributed by atoms with Gasteiger partial charge in [-0.2, -0.15) is 0 Å². The van der Waals surface area contributed by atoms with E-state index in [9.17, 15) is 0 Å². The highest BCUT2D eigenvalue weighted by Crippen LogP contribution is 2.52.